The lowest BCUT2D eigenvalue weighted by atomic mass is 9.98. The number of fused-ring (bicyclic) bond motifs is 1. The van der Waals surface area contributed by atoms with Crippen molar-refractivity contribution in [1.82, 2.24) is 15.1 Å². The fourth-order valence-electron chi connectivity index (χ4n) is 3.67. The van der Waals surface area contributed by atoms with Crippen LogP contribution in [0.3, 0.4) is 0 Å². The average Bonchev–Trinajstić information content (AvgIpc) is 2.81. The number of hydrogen-bond donors (Lipinski definition) is 2. The highest BCUT2D eigenvalue weighted by Crippen LogP contribution is 2.18. The summed E-state index contributed by atoms with van der Waals surface area (Å²) in [6.07, 6.45) is 0.732. The number of nitrogens with one attached hydrogen (secondary N) is 2. The lowest BCUT2D eigenvalue weighted by Crippen LogP contribution is -2.34. The van der Waals surface area contributed by atoms with Crippen molar-refractivity contribution in [1.29, 1.82) is 0 Å². The quantitative estimate of drug-likeness (QED) is 0.488. The normalized spacial score (nSPS) is 11.9. The third-order valence-corrected chi connectivity index (χ3v) is 5.27. The largest absolute Gasteiger partial charge is 0.349 e. The first-order chi connectivity index (χ1) is 15.1. The minimum atomic E-state index is -0.346. The van der Waals surface area contributed by atoms with Gasteiger partial charge in [0.1, 0.15) is 0 Å². The van der Waals surface area contributed by atoms with Crippen LogP contribution in [0.15, 0.2) is 94.5 Å². The monoisotopic (exact) mass is 413 g/mol. The topological polar surface area (TPSA) is 84.0 Å². The Labute approximate surface area is 179 Å². The van der Waals surface area contributed by atoms with Gasteiger partial charge >= 0.3 is 0 Å². The summed E-state index contributed by atoms with van der Waals surface area (Å²) in [7, 11) is 0. The van der Waals surface area contributed by atoms with Crippen molar-refractivity contribution in [2.75, 3.05) is 0 Å². The van der Waals surface area contributed by atoms with Gasteiger partial charge in [-0.1, -0.05) is 72.8 Å². The molecule has 1 heterocycles. The zero-order chi connectivity index (χ0) is 21.6. The van der Waals surface area contributed by atoms with E-state index in [0.29, 0.717) is 17.2 Å². The van der Waals surface area contributed by atoms with E-state index in [0.717, 1.165) is 11.1 Å². The Morgan fingerprint density at radius 3 is 2.16 bits per heavy atom. The molecule has 1 aromatic heterocycles. The summed E-state index contributed by atoms with van der Waals surface area (Å²) in [6.45, 7) is 0.0948. The second-order valence-electron chi connectivity index (χ2n) is 7.41. The molecule has 0 fully saturated rings. The molecule has 156 valence electrons. The summed E-state index contributed by atoms with van der Waals surface area (Å²) in [6, 6.07) is 26.2. The molecule has 0 spiro atoms. The standard InChI is InChI=1S/C25H23N3O3/c29-23(15-16-28-25(31)21-14-8-7-13-20(21)24(30)27-28)26-22(19-11-5-2-6-12-19)17-18-9-3-1-4-10-18/h1-14,22H,15-17H2,(H,26,29)(H,27,30). The smallest absolute Gasteiger partial charge is 0.273 e. The van der Waals surface area contributed by atoms with E-state index in [2.05, 4.69) is 10.4 Å². The van der Waals surface area contributed by atoms with Crippen LogP contribution >= 0.6 is 0 Å². The number of amides is 1. The van der Waals surface area contributed by atoms with Gasteiger partial charge in [0, 0.05) is 6.42 Å². The first-order valence-electron chi connectivity index (χ1n) is 10.2. The molecular formula is C25H23N3O3. The summed E-state index contributed by atoms with van der Waals surface area (Å²) in [5.74, 6) is -0.189. The zero-order valence-electron chi connectivity index (χ0n) is 17.0. The van der Waals surface area contributed by atoms with Crippen molar-refractivity contribution in [2.45, 2.75) is 25.4 Å². The predicted octanol–water partition coefficient (Wildman–Crippen LogP) is 3.18. The molecule has 1 atom stereocenters. The molecule has 31 heavy (non-hydrogen) atoms. The van der Waals surface area contributed by atoms with Crippen LogP contribution in [0.25, 0.3) is 10.8 Å². The maximum atomic E-state index is 12.7. The van der Waals surface area contributed by atoms with E-state index in [9.17, 15) is 14.4 Å². The predicted molar refractivity (Wildman–Crippen MR) is 121 cm³/mol. The second-order valence-corrected chi connectivity index (χ2v) is 7.41. The van der Waals surface area contributed by atoms with E-state index >= 15 is 0 Å². The van der Waals surface area contributed by atoms with Gasteiger partial charge < -0.3 is 5.32 Å². The molecule has 0 radical (unpaired) electrons. The molecule has 0 aliphatic rings. The van der Waals surface area contributed by atoms with Gasteiger partial charge in [-0.25, -0.2) is 4.68 Å². The lowest BCUT2D eigenvalue weighted by Gasteiger charge is -2.20. The van der Waals surface area contributed by atoms with Crippen LogP contribution in [0.5, 0.6) is 0 Å². The van der Waals surface area contributed by atoms with Crippen molar-refractivity contribution >= 4 is 16.7 Å². The lowest BCUT2D eigenvalue weighted by molar-refractivity contribution is -0.122. The fourth-order valence-corrected chi connectivity index (χ4v) is 3.67. The third-order valence-electron chi connectivity index (χ3n) is 5.27. The average molecular weight is 413 g/mol. The molecule has 4 aromatic rings. The minimum absolute atomic E-state index is 0.0757. The zero-order valence-corrected chi connectivity index (χ0v) is 17.0. The van der Waals surface area contributed by atoms with E-state index in [1.807, 2.05) is 60.7 Å². The van der Waals surface area contributed by atoms with Gasteiger partial charge in [0.25, 0.3) is 11.1 Å². The highest BCUT2D eigenvalue weighted by atomic mass is 16.2. The fraction of sp³-hybridized carbons (Fsp3) is 0.160. The number of aromatic nitrogens is 2. The van der Waals surface area contributed by atoms with Crippen LogP contribution in [-0.2, 0) is 17.8 Å². The van der Waals surface area contributed by atoms with Gasteiger partial charge in [0.2, 0.25) is 5.91 Å². The van der Waals surface area contributed by atoms with Gasteiger partial charge in [-0.15, -0.1) is 0 Å². The number of aromatic amines is 1. The third kappa shape index (κ3) is 4.80. The van der Waals surface area contributed by atoms with E-state index in [4.69, 9.17) is 0 Å². The summed E-state index contributed by atoms with van der Waals surface area (Å²) in [5.41, 5.74) is 1.47. The van der Waals surface area contributed by atoms with Gasteiger partial charge in [0.15, 0.2) is 0 Å². The van der Waals surface area contributed by atoms with Crippen LogP contribution in [-0.4, -0.2) is 15.7 Å². The summed E-state index contributed by atoms with van der Waals surface area (Å²) >= 11 is 0. The first-order valence-corrected chi connectivity index (χ1v) is 10.2. The molecule has 6 nitrogen and oxygen atoms in total. The maximum absolute atomic E-state index is 12.7. The van der Waals surface area contributed by atoms with Crippen LogP contribution in [0.2, 0.25) is 0 Å². The van der Waals surface area contributed by atoms with Crippen molar-refractivity contribution in [2.24, 2.45) is 0 Å². The molecule has 4 rings (SSSR count). The Hall–Kier alpha value is -3.93. The molecule has 2 N–H and O–H groups in total. The number of carbonyl (C=O) groups is 1. The molecule has 0 aliphatic carbocycles. The van der Waals surface area contributed by atoms with Crippen molar-refractivity contribution in [3.05, 3.63) is 117 Å². The molecule has 0 aliphatic heterocycles. The molecule has 1 unspecified atom stereocenters. The number of carbonyl (C=O) groups excluding carboxylic acids is 1. The van der Waals surface area contributed by atoms with E-state index in [-0.39, 0.29) is 36.0 Å². The number of hydrogen-bond acceptors (Lipinski definition) is 3. The number of nitrogens with zero attached hydrogens (tertiary/aromatic N) is 1. The summed E-state index contributed by atoms with van der Waals surface area (Å²) in [5, 5.41) is 6.34. The Balaban J connectivity index is 1.50. The van der Waals surface area contributed by atoms with Gasteiger partial charge in [-0.2, -0.15) is 0 Å². The highest BCUT2D eigenvalue weighted by molar-refractivity contribution is 5.80. The summed E-state index contributed by atoms with van der Waals surface area (Å²) < 4.78 is 1.21. The van der Waals surface area contributed by atoms with E-state index in [1.165, 1.54) is 4.68 Å². The molecule has 3 aromatic carbocycles. The van der Waals surface area contributed by atoms with Crippen LogP contribution < -0.4 is 16.4 Å². The summed E-state index contributed by atoms with van der Waals surface area (Å²) in [4.78, 5) is 37.6. The van der Waals surface area contributed by atoms with E-state index < -0.39 is 0 Å². The van der Waals surface area contributed by atoms with Gasteiger partial charge in [-0.05, 0) is 29.7 Å². The molecule has 1 amide bonds. The molecule has 6 heteroatoms. The molecule has 0 saturated heterocycles. The Morgan fingerprint density at radius 1 is 0.839 bits per heavy atom. The molecular weight excluding hydrogens is 390 g/mol. The van der Waals surface area contributed by atoms with Crippen LogP contribution in [0, 0.1) is 0 Å². The number of benzene rings is 3. The number of H-pyrrole nitrogens is 1. The number of aryl methyl sites for hydroxylation is 1. The highest BCUT2D eigenvalue weighted by Gasteiger charge is 2.16. The Kier molecular flexibility index (Phi) is 6.08. The van der Waals surface area contributed by atoms with Crippen molar-refractivity contribution in [3.8, 4) is 0 Å². The van der Waals surface area contributed by atoms with Gasteiger partial charge in [-0.3, -0.25) is 19.5 Å². The number of rotatable bonds is 7. The van der Waals surface area contributed by atoms with Crippen molar-refractivity contribution < 1.29 is 4.79 Å². The van der Waals surface area contributed by atoms with E-state index in [1.54, 1.807) is 24.3 Å². The second kappa shape index (κ2) is 9.26. The van der Waals surface area contributed by atoms with Gasteiger partial charge in [0.05, 0.1) is 23.4 Å². The van der Waals surface area contributed by atoms with Crippen molar-refractivity contribution in [3.63, 3.8) is 0 Å². The Bertz CT molecular complexity index is 1290. The van der Waals surface area contributed by atoms with Crippen LogP contribution in [0.4, 0.5) is 0 Å². The first kappa shape index (κ1) is 20.3. The SMILES string of the molecule is O=C(CCn1[nH]c(=O)c2ccccc2c1=O)NC(Cc1ccccc1)c1ccccc1. The Morgan fingerprint density at radius 2 is 1.45 bits per heavy atom. The maximum Gasteiger partial charge on any atom is 0.273 e. The molecule has 0 saturated carbocycles. The minimum Gasteiger partial charge on any atom is -0.349 e. The molecule has 0 bridgehead atoms. The van der Waals surface area contributed by atoms with Crippen LogP contribution in [0.1, 0.15) is 23.6 Å².